The summed E-state index contributed by atoms with van der Waals surface area (Å²) in [6.07, 6.45) is -4.48. The Morgan fingerprint density at radius 1 is 1.07 bits per heavy atom. The molecule has 1 N–H and O–H groups in total. The highest BCUT2D eigenvalue weighted by Crippen LogP contribution is 2.40. The van der Waals surface area contributed by atoms with Gasteiger partial charge in [0.1, 0.15) is 11.6 Å². The number of rotatable bonds is 10. The first kappa shape index (κ1) is 32.7. The average Bonchev–Trinajstić information content (AvgIpc) is 2.95. The van der Waals surface area contributed by atoms with E-state index in [2.05, 4.69) is 9.72 Å². The molecule has 1 saturated heterocycles. The van der Waals surface area contributed by atoms with Crippen LogP contribution in [-0.2, 0) is 21.0 Å². The van der Waals surface area contributed by atoms with E-state index in [-0.39, 0.29) is 36.4 Å². The predicted octanol–water partition coefficient (Wildman–Crippen LogP) is 4.55. The second-order valence-electron chi connectivity index (χ2n) is 9.62. The molecular weight excluding hydrogens is 622 g/mol. The fraction of sp³-hybridized carbons (Fsp3) is 0.333. The third kappa shape index (κ3) is 7.27. The number of anilines is 2. The number of aliphatic carboxylic acids is 1. The SMILES string of the molecule is COc1ncc(C(F)(F)F)cc1S(=O)(=O)N(C)c1cc(-c2cc(F)cc(OC(F)F)c2)ccc1N1CCN(CC(=O)O)CC1. The highest BCUT2D eigenvalue weighted by atomic mass is 32.2. The normalized spacial score (nSPS) is 14.5. The maximum Gasteiger partial charge on any atom is 0.417 e. The van der Waals surface area contributed by atoms with Gasteiger partial charge in [0, 0.05) is 45.5 Å². The Morgan fingerprint density at radius 2 is 1.75 bits per heavy atom. The van der Waals surface area contributed by atoms with Crippen molar-refractivity contribution in [1.82, 2.24) is 9.88 Å². The van der Waals surface area contributed by atoms with Crippen molar-refractivity contribution in [3.8, 4) is 22.8 Å². The lowest BCUT2D eigenvalue weighted by Crippen LogP contribution is -2.48. The molecule has 17 heteroatoms. The van der Waals surface area contributed by atoms with Crippen LogP contribution in [0, 0.1) is 5.82 Å². The molecule has 238 valence electrons. The molecule has 4 rings (SSSR count). The predicted molar refractivity (Wildman–Crippen MR) is 146 cm³/mol. The summed E-state index contributed by atoms with van der Waals surface area (Å²) in [5, 5.41) is 9.11. The number of aromatic nitrogens is 1. The molecule has 1 aromatic heterocycles. The third-order valence-corrected chi connectivity index (χ3v) is 8.56. The molecule has 0 radical (unpaired) electrons. The highest BCUT2D eigenvalue weighted by molar-refractivity contribution is 7.93. The maximum atomic E-state index is 14.3. The molecule has 44 heavy (non-hydrogen) atoms. The molecule has 0 atom stereocenters. The molecule has 2 aromatic carbocycles. The van der Waals surface area contributed by atoms with E-state index < -0.39 is 56.7 Å². The van der Waals surface area contributed by atoms with E-state index >= 15 is 0 Å². The lowest BCUT2D eigenvalue weighted by atomic mass is 10.0. The lowest BCUT2D eigenvalue weighted by Gasteiger charge is -2.37. The quantitative estimate of drug-likeness (QED) is 0.317. The van der Waals surface area contributed by atoms with E-state index in [1.807, 2.05) is 0 Å². The number of methoxy groups -OCH3 is 1. The molecule has 1 aliphatic rings. The Hall–Kier alpha value is -4.25. The first-order chi connectivity index (χ1) is 20.6. The Bertz CT molecular complexity index is 1630. The van der Waals surface area contributed by atoms with Crippen molar-refractivity contribution in [3.05, 3.63) is 60.0 Å². The number of carboxylic acids is 1. The van der Waals surface area contributed by atoms with Crippen molar-refractivity contribution < 1.29 is 54.1 Å². The van der Waals surface area contributed by atoms with Gasteiger partial charge in [0.25, 0.3) is 10.0 Å². The molecule has 3 aromatic rings. The van der Waals surface area contributed by atoms with Gasteiger partial charge in [0.15, 0.2) is 4.90 Å². The summed E-state index contributed by atoms with van der Waals surface area (Å²) in [7, 11) is -2.67. The van der Waals surface area contributed by atoms with Gasteiger partial charge in [-0.3, -0.25) is 14.0 Å². The number of sulfonamides is 1. The van der Waals surface area contributed by atoms with Crippen LogP contribution in [0.3, 0.4) is 0 Å². The molecule has 1 fully saturated rings. The summed E-state index contributed by atoms with van der Waals surface area (Å²) in [6.45, 7) is -2.34. The van der Waals surface area contributed by atoms with E-state index in [0.29, 0.717) is 35.3 Å². The number of pyridine rings is 1. The molecule has 0 amide bonds. The van der Waals surface area contributed by atoms with Crippen LogP contribution in [0.15, 0.2) is 53.6 Å². The fourth-order valence-electron chi connectivity index (χ4n) is 4.66. The minimum absolute atomic E-state index is 0.0452. The Labute approximate surface area is 248 Å². The van der Waals surface area contributed by atoms with Crippen LogP contribution >= 0.6 is 0 Å². The second-order valence-corrected chi connectivity index (χ2v) is 11.6. The molecular formula is C27H26F6N4O6S. The van der Waals surface area contributed by atoms with Gasteiger partial charge >= 0.3 is 18.8 Å². The monoisotopic (exact) mass is 648 g/mol. The number of alkyl halides is 5. The Balaban J connectivity index is 1.84. The number of hydrogen-bond acceptors (Lipinski definition) is 8. The summed E-state index contributed by atoms with van der Waals surface area (Å²) in [5.74, 6) is -3.03. The summed E-state index contributed by atoms with van der Waals surface area (Å²) >= 11 is 0. The number of carboxylic acid groups (broad SMARTS) is 1. The van der Waals surface area contributed by atoms with Gasteiger partial charge in [-0.1, -0.05) is 6.07 Å². The molecule has 0 unspecified atom stereocenters. The van der Waals surface area contributed by atoms with Gasteiger partial charge in [-0.05, 0) is 41.5 Å². The zero-order valence-corrected chi connectivity index (χ0v) is 24.0. The smallest absolute Gasteiger partial charge is 0.417 e. The molecule has 10 nitrogen and oxygen atoms in total. The van der Waals surface area contributed by atoms with Gasteiger partial charge in [-0.25, -0.2) is 17.8 Å². The number of halogens is 6. The van der Waals surface area contributed by atoms with Crippen molar-refractivity contribution in [3.63, 3.8) is 0 Å². The van der Waals surface area contributed by atoms with E-state index in [9.17, 15) is 39.6 Å². The van der Waals surface area contributed by atoms with E-state index in [1.54, 1.807) is 9.80 Å². The van der Waals surface area contributed by atoms with Crippen molar-refractivity contribution in [2.45, 2.75) is 17.7 Å². The van der Waals surface area contributed by atoms with Crippen molar-refractivity contribution in [1.29, 1.82) is 0 Å². The van der Waals surface area contributed by atoms with Crippen LogP contribution in [-0.4, -0.2) is 82.9 Å². The number of nitrogens with zero attached hydrogens (tertiary/aromatic N) is 4. The molecule has 0 aliphatic carbocycles. The van der Waals surface area contributed by atoms with Gasteiger partial charge in [-0.2, -0.15) is 22.0 Å². The zero-order valence-electron chi connectivity index (χ0n) is 23.2. The standard InChI is InChI=1S/C27H26F6N4O6S/c1-35(44(40,41)23-12-18(27(31,32)33)14-34-25(23)42-2)22-11-16(17-9-19(28)13-20(10-17)43-26(29)30)3-4-21(22)37-7-5-36(6-8-37)15-24(38)39/h3-4,9-14,26H,5-8,15H2,1-2H3,(H,38,39). The first-order valence-electron chi connectivity index (χ1n) is 12.8. The van der Waals surface area contributed by atoms with Gasteiger partial charge in [0.2, 0.25) is 5.88 Å². The van der Waals surface area contributed by atoms with E-state index in [0.717, 1.165) is 32.4 Å². The van der Waals surface area contributed by atoms with Crippen molar-refractivity contribution >= 4 is 27.4 Å². The second kappa shape index (κ2) is 12.8. The molecule has 2 heterocycles. The van der Waals surface area contributed by atoms with Gasteiger partial charge in [-0.15, -0.1) is 0 Å². The highest BCUT2D eigenvalue weighted by Gasteiger charge is 2.36. The molecule has 1 aliphatic heterocycles. The first-order valence-corrected chi connectivity index (χ1v) is 14.2. The summed E-state index contributed by atoms with van der Waals surface area (Å²) in [4.78, 5) is 17.2. The minimum atomic E-state index is -4.92. The molecule has 0 saturated carbocycles. The lowest BCUT2D eigenvalue weighted by molar-refractivity contribution is -0.139. The number of benzene rings is 2. The van der Waals surface area contributed by atoms with E-state index in [1.165, 1.54) is 18.2 Å². The van der Waals surface area contributed by atoms with Crippen molar-refractivity contribution in [2.24, 2.45) is 0 Å². The Morgan fingerprint density at radius 3 is 2.34 bits per heavy atom. The zero-order chi connectivity index (χ0) is 32.4. The van der Waals surface area contributed by atoms with Crippen molar-refractivity contribution in [2.75, 3.05) is 56.1 Å². The largest absolute Gasteiger partial charge is 0.480 e. The van der Waals surface area contributed by atoms with Gasteiger partial charge in [0.05, 0.1) is 30.6 Å². The number of piperazine rings is 1. The maximum absolute atomic E-state index is 14.3. The van der Waals surface area contributed by atoms with Crippen LogP contribution in [0.4, 0.5) is 37.7 Å². The van der Waals surface area contributed by atoms with Crippen LogP contribution in [0.1, 0.15) is 5.56 Å². The summed E-state index contributed by atoms with van der Waals surface area (Å²) in [6, 6.07) is 7.55. The van der Waals surface area contributed by atoms with Crippen LogP contribution in [0.25, 0.3) is 11.1 Å². The molecule has 0 bridgehead atoms. The summed E-state index contributed by atoms with van der Waals surface area (Å²) in [5.41, 5.74) is -0.879. The number of ether oxygens (including phenoxy) is 2. The topological polar surface area (TPSA) is 113 Å². The van der Waals surface area contributed by atoms with Gasteiger partial charge < -0.3 is 19.5 Å². The average molecular weight is 649 g/mol. The molecule has 0 spiro atoms. The van der Waals surface area contributed by atoms with Crippen LogP contribution < -0.4 is 18.7 Å². The minimum Gasteiger partial charge on any atom is -0.480 e. The fourth-order valence-corrected chi connectivity index (χ4v) is 6.00. The number of carbonyl (C=O) groups is 1. The Kier molecular flexibility index (Phi) is 9.48. The third-order valence-electron chi connectivity index (χ3n) is 6.79. The van der Waals surface area contributed by atoms with Crippen LogP contribution in [0.5, 0.6) is 11.6 Å². The summed E-state index contributed by atoms with van der Waals surface area (Å²) < 4.78 is 118. The van der Waals surface area contributed by atoms with Crippen LogP contribution in [0.2, 0.25) is 0 Å². The number of hydrogen-bond donors (Lipinski definition) is 1. The van der Waals surface area contributed by atoms with E-state index in [4.69, 9.17) is 9.84 Å².